The van der Waals surface area contributed by atoms with Gasteiger partial charge in [-0.15, -0.1) is 11.6 Å². The van der Waals surface area contributed by atoms with Gasteiger partial charge in [-0.1, -0.05) is 26.7 Å². The van der Waals surface area contributed by atoms with E-state index in [1.807, 2.05) is 6.92 Å². The molecule has 0 saturated heterocycles. The summed E-state index contributed by atoms with van der Waals surface area (Å²) < 4.78 is 25.9. The number of alkyl halides is 1. The van der Waals surface area contributed by atoms with E-state index in [1.165, 1.54) is 6.42 Å². The molecule has 0 aliphatic heterocycles. The van der Waals surface area contributed by atoms with E-state index in [4.69, 9.17) is 11.6 Å². The van der Waals surface area contributed by atoms with Gasteiger partial charge in [0.2, 0.25) is 10.0 Å². The zero-order valence-electron chi connectivity index (χ0n) is 11.0. The van der Waals surface area contributed by atoms with Gasteiger partial charge in [0.15, 0.2) is 0 Å². The molecule has 0 aromatic heterocycles. The zero-order chi connectivity index (χ0) is 13.1. The minimum Gasteiger partial charge on any atom is -0.212 e. The maximum absolute atomic E-state index is 12.2. The first-order chi connectivity index (χ1) is 7.86. The number of nitrogens with zero attached hydrogens (tertiary/aromatic N) is 1. The van der Waals surface area contributed by atoms with Crippen molar-refractivity contribution < 1.29 is 8.42 Å². The zero-order valence-corrected chi connectivity index (χ0v) is 12.6. The summed E-state index contributed by atoms with van der Waals surface area (Å²) in [6.45, 7) is 4.08. The lowest BCUT2D eigenvalue weighted by molar-refractivity contribution is 0.238. The lowest BCUT2D eigenvalue weighted by Gasteiger charge is -2.33. The van der Waals surface area contributed by atoms with Crippen LogP contribution in [0.4, 0.5) is 0 Å². The molecule has 3 atom stereocenters. The van der Waals surface area contributed by atoms with Crippen LogP contribution in [0, 0.1) is 11.8 Å². The average molecular weight is 282 g/mol. The third kappa shape index (κ3) is 4.42. The minimum absolute atomic E-state index is 0.0186. The second-order valence-electron chi connectivity index (χ2n) is 5.48. The van der Waals surface area contributed by atoms with Gasteiger partial charge in [-0.2, -0.15) is 0 Å². The van der Waals surface area contributed by atoms with Crippen molar-refractivity contribution in [3.63, 3.8) is 0 Å². The van der Waals surface area contributed by atoms with Crippen molar-refractivity contribution in [1.29, 1.82) is 0 Å². The number of hydrogen-bond acceptors (Lipinski definition) is 2. The van der Waals surface area contributed by atoms with Gasteiger partial charge < -0.3 is 0 Å². The highest BCUT2D eigenvalue weighted by atomic mass is 35.5. The fourth-order valence-electron chi connectivity index (χ4n) is 2.48. The van der Waals surface area contributed by atoms with Crippen molar-refractivity contribution in [2.75, 3.05) is 18.7 Å². The van der Waals surface area contributed by atoms with Crippen LogP contribution < -0.4 is 0 Å². The Morgan fingerprint density at radius 3 is 2.59 bits per heavy atom. The predicted octanol–water partition coefficient (Wildman–Crippen LogP) is 2.70. The Morgan fingerprint density at radius 1 is 1.41 bits per heavy atom. The van der Waals surface area contributed by atoms with Crippen LogP contribution in [0.1, 0.15) is 39.5 Å². The van der Waals surface area contributed by atoms with Crippen LogP contribution >= 0.6 is 11.6 Å². The Hall–Kier alpha value is 0.200. The fraction of sp³-hybridized carbons (Fsp3) is 1.00. The Labute approximate surface area is 111 Å². The average Bonchev–Trinajstić information content (AvgIpc) is 2.27. The maximum Gasteiger partial charge on any atom is 0.214 e. The Balaban J connectivity index is 2.64. The molecule has 0 spiro atoms. The van der Waals surface area contributed by atoms with E-state index in [0.717, 1.165) is 19.3 Å². The van der Waals surface area contributed by atoms with Crippen LogP contribution in [-0.4, -0.2) is 37.4 Å². The van der Waals surface area contributed by atoms with E-state index in [0.29, 0.717) is 11.8 Å². The predicted molar refractivity (Wildman–Crippen MR) is 72.9 cm³/mol. The summed E-state index contributed by atoms with van der Waals surface area (Å²) >= 11 is 5.69. The summed E-state index contributed by atoms with van der Waals surface area (Å²) in [7, 11) is -1.42. The van der Waals surface area contributed by atoms with Crippen LogP contribution in [0.2, 0.25) is 0 Å². The van der Waals surface area contributed by atoms with Gasteiger partial charge in [-0.25, -0.2) is 12.7 Å². The van der Waals surface area contributed by atoms with E-state index in [1.54, 1.807) is 11.4 Å². The van der Waals surface area contributed by atoms with Crippen molar-refractivity contribution in [2.45, 2.75) is 45.6 Å². The molecule has 1 aliphatic rings. The first-order valence-corrected chi connectivity index (χ1v) is 8.53. The molecular formula is C12H24ClNO2S. The molecule has 0 bridgehead atoms. The topological polar surface area (TPSA) is 37.4 Å². The first-order valence-electron chi connectivity index (χ1n) is 6.38. The molecule has 3 nitrogen and oxygen atoms in total. The van der Waals surface area contributed by atoms with Gasteiger partial charge in [0.1, 0.15) is 0 Å². The van der Waals surface area contributed by atoms with Crippen LogP contribution in [-0.2, 0) is 10.0 Å². The molecule has 0 aromatic rings. The second kappa shape index (κ2) is 6.39. The number of rotatable bonds is 5. The van der Waals surface area contributed by atoms with Crippen LogP contribution in [0.15, 0.2) is 0 Å². The largest absolute Gasteiger partial charge is 0.214 e. The van der Waals surface area contributed by atoms with Gasteiger partial charge in [-0.05, 0) is 24.7 Å². The summed E-state index contributed by atoms with van der Waals surface area (Å²) in [6, 6.07) is 0.186. The van der Waals surface area contributed by atoms with Crippen molar-refractivity contribution >= 4 is 21.6 Å². The third-order valence-electron chi connectivity index (χ3n) is 3.62. The van der Waals surface area contributed by atoms with Crippen molar-refractivity contribution in [3.8, 4) is 0 Å². The Bertz CT molecular complexity index is 331. The molecule has 1 aliphatic carbocycles. The molecule has 0 radical (unpaired) electrons. The highest BCUT2D eigenvalue weighted by Gasteiger charge is 2.30. The summed E-state index contributed by atoms with van der Waals surface area (Å²) in [5.74, 6) is 1.22. The maximum atomic E-state index is 12.2. The smallest absolute Gasteiger partial charge is 0.212 e. The molecule has 1 fully saturated rings. The normalized spacial score (nSPS) is 28.3. The van der Waals surface area contributed by atoms with E-state index < -0.39 is 10.0 Å². The van der Waals surface area contributed by atoms with Crippen molar-refractivity contribution in [1.82, 2.24) is 4.31 Å². The van der Waals surface area contributed by atoms with Crippen molar-refractivity contribution in [3.05, 3.63) is 0 Å². The highest BCUT2D eigenvalue weighted by Crippen LogP contribution is 2.28. The van der Waals surface area contributed by atoms with Crippen LogP contribution in [0.5, 0.6) is 0 Å². The van der Waals surface area contributed by atoms with Gasteiger partial charge in [-0.3, -0.25) is 0 Å². The molecule has 5 heteroatoms. The highest BCUT2D eigenvalue weighted by molar-refractivity contribution is 7.89. The molecule has 0 amide bonds. The fourth-order valence-corrected chi connectivity index (χ4v) is 4.44. The quantitative estimate of drug-likeness (QED) is 0.727. The van der Waals surface area contributed by atoms with Crippen LogP contribution in [0.25, 0.3) is 0 Å². The summed E-state index contributed by atoms with van der Waals surface area (Å²) in [4.78, 5) is 0. The lowest BCUT2D eigenvalue weighted by atomic mass is 9.87. The number of sulfonamides is 1. The van der Waals surface area contributed by atoms with E-state index in [9.17, 15) is 8.42 Å². The van der Waals surface area contributed by atoms with Gasteiger partial charge in [0.25, 0.3) is 0 Å². The molecule has 3 unspecified atom stereocenters. The van der Waals surface area contributed by atoms with E-state index in [-0.39, 0.29) is 17.7 Å². The van der Waals surface area contributed by atoms with Gasteiger partial charge >= 0.3 is 0 Å². The monoisotopic (exact) mass is 281 g/mol. The lowest BCUT2D eigenvalue weighted by Crippen LogP contribution is -2.42. The molecule has 1 saturated carbocycles. The standard InChI is InChI=1S/C12H24ClNO2S/c1-10-5-4-6-12(7-10)14(3)17(15,16)9-11(2)8-13/h10-12H,4-9H2,1-3H3. The molecule has 17 heavy (non-hydrogen) atoms. The second-order valence-corrected chi connectivity index (χ2v) is 7.86. The molecule has 102 valence electrons. The molecule has 1 rings (SSSR count). The van der Waals surface area contributed by atoms with E-state index >= 15 is 0 Å². The van der Waals surface area contributed by atoms with Gasteiger partial charge in [0, 0.05) is 19.0 Å². The molecule has 0 heterocycles. The summed E-state index contributed by atoms with van der Waals surface area (Å²) in [6.07, 6.45) is 4.35. The summed E-state index contributed by atoms with van der Waals surface area (Å²) in [5, 5.41) is 0. The van der Waals surface area contributed by atoms with E-state index in [2.05, 4.69) is 6.92 Å². The minimum atomic E-state index is -3.15. The molecule has 0 N–H and O–H groups in total. The van der Waals surface area contributed by atoms with Crippen LogP contribution in [0.3, 0.4) is 0 Å². The molecule has 0 aromatic carbocycles. The summed E-state index contributed by atoms with van der Waals surface area (Å²) in [5.41, 5.74) is 0. The molecular weight excluding hydrogens is 258 g/mol. The SMILES string of the molecule is CC1CCCC(N(C)S(=O)(=O)CC(C)CCl)C1. The Kier molecular flexibility index (Phi) is 5.74. The first kappa shape index (κ1) is 15.3. The number of halogens is 1. The Morgan fingerprint density at radius 2 is 2.06 bits per heavy atom. The number of hydrogen-bond donors (Lipinski definition) is 0. The van der Waals surface area contributed by atoms with Crippen molar-refractivity contribution in [2.24, 2.45) is 11.8 Å². The van der Waals surface area contributed by atoms with Gasteiger partial charge in [0.05, 0.1) is 5.75 Å². The third-order valence-corrected chi connectivity index (χ3v) is 6.31.